The molecule has 0 bridgehead atoms. The van der Waals surface area contributed by atoms with Crippen molar-refractivity contribution in [3.05, 3.63) is 42.5 Å². The van der Waals surface area contributed by atoms with Crippen molar-refractivity contribution in [3.8, 4) is 5.75 Å². The van der Waals surface area contributed by atoms with E-state index in [9.17, 15) is 5.11 Å². The van der Waals surface area contributed by atoms with Crippen LogP contribution in [0.15, 0.2) is 46.9 Å². The first-order chi connectivity index (χ1) is 12.6. The molecular weight excluding hydrogens is 366 g/mol. The van der Waals surface area contributed by atoms with Crippen LogP contribution in [-0.4, -0.2) is 54.6 Å². The van der Waals surface area contributed by atoms with Crippen molar-refractivity contribution in [2.45, 2.75) is 32.2 Å². The highest BCUT2D eigenvalue weighted by molar-refractivity contribution is 6.05. The van der Waals surface area contributed by atoms with Crippen LogP contribution in [0.25, 0.3) is 21.9 Å². The van der Waals surface area contributed by atoms with Gasteiger partial charge < -0.3 is 19.0 Å². The van der Waals surface area contributed by atoms with Gasteiger partial charge in [0, 0.05) is 30.4 Å². The number of aliphatic hydroxyl groups excluding tert-OH is 1. The van der Waals surface area contributed by atoms with E-state index < -0.39 is 6.10 Å². The summed E-state index contributed by atoms with van der Waals surface area (Å²) in [6.07, 6.45) is -0.142. The maximum Gasteiger partial charge on any atom is 0.135 e. The molecule has 1 aliphatic heterocycles. The van der Waals surface area contributed by atoms with E-state index in [0.29, 0.717) is 6.54 Å². The standard InChI is InChI=1S/C21H25NO4.ClH/c1-14-10-22(11-15(2)25-14)12-16(23)13-24-17-7-8-21-19(9-17)18-5-3-4-6-20(18)26-21;/h3-9,14-16,23H,10-13H2,1-2H3;1H. The molecule has 146 valence electrons. The minimum atomic E-state index is -0.538. The number of nitrogens with zero attached hydrogens (tertiary/aromatic N) is 1. The van der Waals surface area contributed by atoms with Crippen LogP contribution >= 0.6 is 12.4 Å². The summed E-state index contributed by atoms with van der Waals surface area (Å²) in [6, 6.07) is 13.8. The molecule has 0 saturated carbocycles. The van der Waals surface area contributed by atoms with E-state index in [0.717, 1.165) is 40.8 Å². The third-order valence-electron chi connectivity index (χ3n) is 4.75. The fourth-order valence-corrected chi connectivity index (χ4v) is 3.77. The molecule has 1 aromatic heterocycles. The molecule has 3 aromatic rings. The molecule has 1 N–H and O–H groups in total. The van der Waals surface area contributed by atoms with Gasteiger partial charge in [-0.1, -0.05) is 18.2 Å². The molecule has 27 heavy (non-hydrogen) atoms. The summed E-state index contributed by atoms with van der Waals surface area (Å²) in [7, 11) is 0. The first kappa shape index (κ1) is 20.0. The molecule has 1 fully saturated rings. The first-order valence-corrected chi connectivity index (χ1v) is 9.18. The molecule has 0 aliphatic carbocycles. The number of aliphatic hydroxyl groups is 1. The van der Waals surface area contributed by atoms with Crippen LogP contribution in [0.1, 0.15) is 13.8 Å². The molecule has 1 aliphatic rings. The molecule has 5 nitrogen and oxygen atoms in total. The van der Waals surface area contributed by atoms with Gasteiger partial charge in [-0.25, -0.2) is 0 Å². The smallest absolute Gasteiger partial charge is 0.135 e. The molecule has 0 amide bonds. The molecule has 2 heterocycles. The largest absolute Gasteiger partial charge is 0.491 e. The van der Waals surface area contributed by atoms with Crippen molar-refractivity contribution in [1.29, 1.82) is 0 Å². The van der Waals surface area contributed by atoms with Gasteiger partial charge in [-0.15, -0.1) is 12.4 Å². The Kier molecular flexibility index (Phi) is 6.27. The number of morpholine rings is 1. The quantitative estimate of drug-likeness (QED) is 0.715. The molecule has 6 heteroatoms. The van der Waals surface area contributed by atoms with E-state index in [1.807, 2.05) is 42.5 Å². The van der Waals surface area contributed by atoms with Crippen LogP contribution < -0.4 is 4.74 Å². The van der Waals surface area contributed by atoms with Crippen LogP contribution in [0.2, 0.25) is 0 Å². The minimum absolute atomic E-state index is 0. The Morgan fingerprint density at radius 3 is 2.56 bits per heavy atom. The zero-order valence-electron chi connectivity index (χ0n) is 15.6. The fraction of sp³-hybridized carbons (Fsp3) is 0.429. The Labute approximate surface area is 165 Å². The topological polar surface area (TPSA) is 55.1 Å². The summed E-state index contributed by atoms with van der Waals surface area (Å²) in [6.45, 7) is 6.67. The molecule has 2 aromatic carbocycles. The molecule has 3 unspecified atom stereocenters. The molecular formula is C21H26ClNO4. The van der Waals surface area contributed by atoms with Crippen molar-refractivity contribution < 1.29 is 19.0 Å². The van der Waals surface area contributed by atoms with Gasteiger partial charge in [0.1, 0.15) is 29.6 Å². The van der Waals surface area contributed by atoms with Gasteiger partial charge in [-0.05, 0) is 38.1 Å². The highest BCUT2D eigenvalue weighted by atomic mass is 35.5. The summed E-state index contributed by atoms with van der Waals surface area (Å²) >= 11 is 0. The maximum absolute atomic E-state index is 10.4. The predicted octanol–water partition coefficient (Wildman–Crippen LogP) is 3.86. The number of β-amino-alcohol motifs (C(OH)–C–C–N with tert-alkyl or cyclic N) is 1. The summed E-state index contributed by atoms with van der Waals surface area (Å²) in [5, 5.41) is 12.5. The Bertz CT molecular complexity index is 886. The number of hydrogen-bond acceptors (Lipinski definition) is 5. The van der Waals surface area contributed by atoms with Gasteiger partial charge in [0.05, 0.1) is 12.2 Å². The number of ether oxygens (including phenoxy) is 2. The molecule has 0 spiro atoms. The average Bonchev–Trinajstić information content (AvgIpc) is 2.97. The Balaban J connectivity index is 0.00000210. The number of para-hydroxylation sites is 1. The average molecular weight is 392 g/mol. The number of furan rings is 1. The van der Waals surface area contributed by atoms with Crippen molar-refractivity contribution >= 4 is 34.3 Å². The summed E-state index contributed by atoms with van der Waals surface area (Å²) in [5.41, 5.74) is 1.71. The maximum atomic E-state index is 10.4. The monoisotopic (exact) mass is 391 g/mol. The second-order valence-corrected chi connectivity index (χ2v) is 7.20. The van der Waals surface area contributed by atoms with E-state index in [1.54, 1.807) is 0 Å². The molecule has 1 saturated heterocycles. The highest BCUT2D eigenvalue weighted by Crippen LogP contribution is 2.31. The number of benzene rings is 2. The highest BCUT2D eigenvalue weighted by Gasteiger charge is 2.24. The van der Waals surface area contributed by atoms with Crippen molar-refractivity contribution in [2.24, 2.45) is 0 Å². The lowest BCUT2D eigenvalue weighted by molar-refractivity contribution is -0.0786. The SMILES string of the molecule is CC1CN(CC(O)COc2ccc3oc4ccccc4c3c2)CC(C)O1.Cl. The molecule has 0 radical (unpaired) electrons. The van der Waals surface area contributed by atoms with Gasteiger partial charge in [-0.2, -0.15) is 0 Å². The van der Waals surface area contributed by atoms with E-state index in [1.165, 1.54) is 0 Å². The molecule has 4 rings (SSSR count). The second-order valence-electron chi connectivity index (χ2n) is 7.20. The van der Waals surface area contributed by atoms with Crippen molar-refractivity contribution in [2.75, 3.05) is 26.2 Å². The zero-order valence-corrected chi connectivity index (χ0v) is 16.4. The van der Waals surface area contributed by atoms with E-state index >= 15 is 0 Å². The summed E-state index contributed by atoms with van der Waals surface area (Å²) in [4.78, 5) is 2.24. The lowest BCUT2D eigenvalue weighted by Crippen LogP contribution is -2.48. The van der Waals surface area contributed by atoms with Crippen molar-refractivity contribution in [3.63, 3.8) is 0 Å². The van der Waals surface area contributed by atoms with Crippen molar-refractivity contribution in [1.82, 2.24) is 4.90 Å². The Morgan fingerprint density at radius 2 is 1.78 bits per heavy atom. The van der Waals surface area contributed by atoms with Gasteiger partial charge in [-0.3, -0.25) is 4.90 Å². The van der Waals surface area contributed by atoms with Gasteiger partial charge in [0.15, 0.2) is 0 Å². The summed E-state index contributed by atoms with van der Waals surface area (Å²) < 4.78 is 17.4. The Hall–Kier alpha value is -1.79. The van der Waals surface area contributed by atoms with Crippen LogP contribution in [0, 0.1) is 0 Å². The van der Waals surface area contributed by atoms with Crippen LogP contribution in [0.5, 0.6) is 5.75 Å². The van der Waals surface area contributed by atoms with Crippen LogP contribution in [0.4, 0.5) is 0 Å². The third kappa shape index (κ3) is 4.55. The first-order valence-electron chi connectivity index (χ1n) is 9.18. The minimum Gasteiger partial charge on any atom is -0.491 e. The van der Waals surface area contributed by atoms with E-state index in [4.69, 9.17) is 13.9 Å². The van der Waals surface area contributed by atoms with E-state index in [-0.39, 0.29) is 31.2 Å². The normalized spacial score (nSPS) is 21.9. The number of fused-ring (bicyclic) bond motifs is 3. The number of halogens is 1. The lowest BCUT2D eigenvalue weighted by atomic mass is 10.1. The van der Waals surface area contributed by atoms with Gasteiger partial charge >= 0.3 is 0 Å². The number of rotatable bonds is 5. The molecule has 3 atom stereocenters. The van der Waals surface area contributed by atoms with Gasteiger partial charge in [0.2, 0.25) is 0 Å². The lowest BCUT2D eigenvalue weighted by Gasteiger charge is -2.36. The second kappa shape index (κ2) is 8.48. The zero-order chi connectivity index (χ0) is 18.1. The fourth-order valence-electron chi connectivity index (χ4n) is 3.77. The third-order valence-corrected chi connectivity index (χ3v) is 4.75. The van der Waals surface area contributed by atoms with Crippen LogP contribution in [0.3, 0.4) is 0 Å². The predicted molar refractivity (Wildman–Crippen MR) is 109 cm³/mol. The van der Waals surface area contributed by atoms with Crippen LogP contribution in [-0.2, 0) is 4.74 Å². The van der Waals surface area contributed by atoms with E-state index in [2.05, 4.69) is 18.7 Å². The van der Waals surface area contributed by atoms with Gasteiger partial charge in [0.25, 0.3) is 0 Å². The Morgan fingerprint density at radius 1 is 1.07 bits per heavy atom. The number of hydrogen-bond donors (Lipinski definition) is 1. The summed E-state index contributed by atoms with van der Waals surface area (Å²) in [5.74, 6) is 0.742.